The Morgan fingerprint density at radius 2 is 1.68 bits per heavy atom. The lowest BCUT2D eigenvalue weighted by atomic mass is 10.1. The molecule has 1 aromatic heterocycles. The lowest BCUT2D eigenvalue weighted by Crippen LogP contribution is -2.25. The molecule has 0 aliphatic carbocycles. The van der Waals surface area contributed by atoms with Gasteiger partial charge in [-0.25, -0.2) is 4.68 Å². The molecule has 0 aliphatic rings. The smallest absolute Gasteiger partial charge is 0.251 e. The molecule has 7 heteroatoms. The van der Waals surface area contributed by atoms with Crippen LogP contribution in [-0.4, -0.2) is 27.3 Å². The summed E-state index contributed by atoms with van der Waals surface area (Å²) < 4.78 is 1.64. The Morgan fingerprint density at radius 3 is 2.35 bits per heavy atom. The van der Waals surface area contributed by atoms with Crippen LogP contribution in [0.15, 0.2) is 78.9 Å². The highest BCUT2D eigenvalue weighted by molar-refractivity contribution is 6.30. The third-order valence-corrected chi connectivity index (χ3v) is 5.14. The van der Waals surface area contributed by atoms with Crippen LogP contribution in [0.3, 0.4) is 0 Å². The number of carbonyl (C=O) groups is 1. The summed E-state index contributed by atoms with van der Waals surface area (Å²) in [6, 6.07) is 23.2. The summed E-state index contributed by atoms with van der Waals surface area (Å²) in [5, 5.41) is 17.5. The number of halogens is 1. The largest absolute Gasteiger partial charge is 0.508 e. The van der Waals surface area contributed by atoms with Gasteiger partial charge in [0.15, 0.2) is 0 Å². The van der Waals surface area contributed by atoms with Crippen molar-refractivity contribution < 1.29 is 9.90 Å². The number of rotatable bonds is 6. The lowest BCUT2D eigenvalue weighted by Gasteiger charge is -2.08. The van der Waals surface area contributed by atoms with E-state index in [9.17, 15) is 9.90 Å². The summed E-state index contributed by atoms with van der Waals surface area (Å²) in [7, 11) is 0. The highest BCUT2D eigenvalue weighted by Gasteiger charge is 2.11. The quantitative estimate of drug-likeness (QED) is 0.419. The van der Waals surface area contributed by atoms with Gasteiger partial charge in [0.1, 0.15) is 11.6 Å². The summed E-state index contributed by atoms with van der Waals surface area (Å²) >= 11 is 5.95. The van der Waals surface area contributed by atoms with E-state index in [2.05, 4.69) is 10.4 Å². The maximum Gasteiger partial charge on any atom is 0.251 e. The highest BCUT2D eigenvalue weighted by atomic mass is 35.5. The van der Waals surface area contributed by atoms with Crippen molar-refractivity contribution in [3.05, 3.63) is 95.0 Å². The maximum absolute atomic E-state index is 12.4. The molecule has 0 unspecified atom stereocenters. The Bertz CT molecular complexity index is 1180. The van der Waals surface area contributed by atoms with E-state index in [1.54, 1.807) is 47.1 Å². The van der Waals surface area contributed by atoms with E-state index in [-0.39, 0.29) is 11.7 Å². The fourth-order valence-electron chi connectivity index (χ4n) is 3.20. The van der Waals surface area contributed by atoms with Gasteiger partial charge in [0, 0.05) is 28.8 Å². The van der Waals surface area contributed by atoms with E-state index in [0.717, 1.165) is 22.5 Å². The number of aromatic nitrogens is 2. The number of nitrogen functional groups attached to an aromatic ring is 1. The number of benzene rings is 3. The molecular formula is C24H21ClN4O2. The molecule has 0 spiro atoms. The van der Waals surface area contributed by atoms with Gasteiger partial charge in [-0.2, -0.15) is 5.10 Å². The molecule has 1 amide bonds. The Balaban J connectivity index is 1.41. The third kappa shape index (κ3) is 4.87. The Kier molecular flexibility index (Phi) is 5.91. The van der Waals surface area contributed by atoms with Crippen molar-refractivity contribution in [2.75, 3.05) is 12.3 Å². The first-order chi connectivity index (χ1) is 15.0. The van der Waals surface area contributed by atoms with Crippen LogP contribution in [0.2, 0.25) is 5.02 Å². The van der Waals surface area contributed by atoms with Gasteiger partial charge < -0.3 is 16.2 Å². The van der Waals surface area contributed by atoms with Gasteiger partial charge in [-0.05, 0) is 60.5 Å². The van der Waals surface area contributed by atoms with Crippen LogP contribution < -0.4 is 11.1 Å². The van der Waals surface area contributed by atoms with E-state index in [4.69, 9.17) is 17.3 Å². The summed E-state index contributed by atoms with van der Waals surface area (Å²) in [6.07, 6.45) is 0.682. The molecule has 3 aromatic carbocycles. The second-order valence-corrected chi connectivity index (χ2v) is 7.53. The predicted octanol–water partition coefficient (Wildman–Crippen LogP) is 4.45. The third-order valence-electron chi connectivity index (χ3n) is 4.89. The molecule has 156 valence electrons. The van der Waals surface area contributed by atoms with Crippen molar-refractivity contribution in [2.45, 2.75) is 6.42 Å². The number of carbonyl (C=O) groups excluding carboxylic acids is 1. The normalized spacial score (nSPS) is 10.7. The average molecular weight is 433 g/mol. The molecule has 4 N–H and O–H groups in total. The fraction of sp³-hybridized carbons (Fsp3) is 0.0833. The van der Waals surface area contributed by atoms with Crippen molar-refractivity contribution in [1.82, 2.24) is 15.1 Å². The highest BCUT2D eigenvalue weighted by Crippen LogP contribution is 2.24. The lowest BCUT2D eigenvalue weighted by molar-refractivity contribution is 0.0954. The van der Waals surface area contributed by atoms with Gasteiger partial charge in [-0.15, -0.1) is 0 Å². The van der Waals surface area contributed by atoms with Gasteiger partial charge in [0.2, 0.25) is 0 Å². The van der Waals surface area contributed by atoms with E-state index in [1.807, 2.05) is 36.4 Å². The summed E-state index contributed by atoms with van der Waals surface area (Å²) in [4.78, 5) is 12.4. The van der Waals surface area contributed by atoms with Crippen molar-refractivity contribution in [1.29, 1.82) is 0 Å². The van der Waals surface area contributed by atoms with E-state index in [0.29, 0.717) is 29.4 Å². The molecule has 4 rings (SSSR count). The van der Waals surface area contributed by atoms with Gasteiger partial charge >= 0.3 is 0 Å². The van der Waals surface area contributed by atoms with Gasteiger partial charge in [-0.1, -0.05) is 35.9 Å². The molecule has 1 heterocycles. The van der Waals surface area contributed by atoms with E-state index < -0.39 is 0 Å². The SMILES string of the molecule is Nc1cc(-c2ccc(Cl)cc2)nn1-c1ccc(C(=O)NCCc2ccc(O)cc2)cc1. The number of amides is 1. The monoisotopic (exact) mass is 432 g/mol. The molecule has 0 radical (unpaired) electrons. The van der Waals surface area contributed by atoms with Crippen molar-refractivity contribution in [3.8, 4) is 22.7 Å². The van der Waals surface area contributed by atoms with E-state index >= 15 is 0 Å². The zero-order valence-electron chi connectivity index (χ0n) is 16.6. The fourth-order valence-corrected chi connectivity index (χ4v) is 3.33. The molecule has 0 saturated carbocycles. The first-order valence-electron chi connectivity index (χ1n) is 9.77. The van der Waals surface area contributed by atoms with Crippen molar-refractivity contribution in [3.63, 3.8) is 0 Å². The van der Waals surface area contributed by atoms with Gasteiger partial charge in [0.25, 0.3) is 5.91 Å². The van der Waals surface area contributed by atoms with Gasteiger partial charge in [0.05, 0.1) is 11.4 Å². The molecule has 0 atom stereocenters. The second-order valence-electron chi connectivity index (χ2n) is 7.09. The molecule has 4 aromatic rings. The van der Waals surface area contributed by atoms with Crippen molar-refractivity contribution in [2.24, 2.45) is 0 Å². The van der Waals surface area contributed by atoms with E-state index in [1.165, 1.54) is 0 Å². The predicted molar refractivity (Wildman–Crippen MR) is 123 cm³/mol. The number of hydrogen-bond acceptors (Lipinski definition) is 4. The Labute approximate surface area is 184 Å². The maximum atomic E-state index is 12.4. The number of nitrogens with one attached hydrogen (secondary N) is 1. The minimum absolute atomic E-state index is 0.152. The molecule has 0 fully saturated rings. The number of anilines is 1. The Hall–Kier alpha value is -3.77. The first kappa shape index (κ1) is 20.5. The molecular weight excluding hydrogens is 412 g/mol. The number of nitrogens with zero attached hydrogens (tertiary/aromatic N) is 2. The first-order valence-corrected chi connectivity index (χ1v) is 10.2. The topological polar surface area (TPSA) is 93.2 Å². The standard InChI is InChI=1S/C24H21ClN4O2/c25-19-7-3-17(4-8-19)22-15-23(26)29(28-22)20-9-5-18(6-10-20)24(31)27-14-13-16-1-11-21(30)12-2-16/h1-12,15,30H,13-14,26H2,(H,27,31). The van der Waals surface area contributed by atoms with Crippen LogP contribution in [0.4, 0.5) is 5.82 Å². The van der Waals surface area contributed by atoms with Crippen LogP contribution >= 0.6 is 11.6 Å². The molecule has 31 heavy (non-hydrogen) atoms. The van der Waals surface area contributed by atoms with Crippen molar-refractivity contribution >= 4 is 23.3 Å². The summed E-state index contributed by atoms with van der Waals surface area (Å²) in [6.45, 7) is 0.502. The summed E-state index contributed by atoms with van der Waals surface area (Å²) in [5.74, 6) is 0.572. The molecule has 0 saturated heterocycles. The minimum atomic E-state index is -0.152. The number of aromatic hydroxyl groups is 1. The second kappa shape index (κ2) is 8.93. The van der Waals surface area contributed by atoms with Crippen LogP contribution in [0.25, 0.3) is 16.9 Å². The Morgan fingerprint density at radius 1 is 1.00 bits per heavy atom. The van der Waals surface area contributed by atoms with Crippen LogP contribution in [0, 0.1) is 0 Å². The molecule has 0 bridgehead atoms. The van der Waals surface area contributed by atoms with Crippen LogP contribution in [0.1, 0.15) is 15.9 Å². The minimum Gasteiger partial charge on any atom is -0.508 e. The number of phenols is 1. The summed E-state index contributed by atoms with van der Waals surface area (Å²) in [5.41, 5.74) is 10.2. The zero-order chi connectivity index (χ0) is 21.8. The molecule has 6 nitrogen and oxygen atoms in total. The number of hydrogen-bond donors (Lipinski definition) is 3. The number of phenolic OH excluding ortho intramolecular Hbond substituents is 1. The number of nitrogens with two attached hydrogens (primary N) is 1. The van der Waals surface area contributed by atoms with Gasteiger partial charge in [-0.3, -0.25) is 4.79 Å². The van der Waals surface area contributed by atoms with Crippen LogP contribution in [-0.2, 0) is 6.42 Å². The van der Waals surface area contributed by atoms with Crippen LogP contribution in [0.5, 0.6) is 5.75 Å². The average Bonchev–Trinajstić information content (AvgIpc) is 3.17. The molecule has 0 aliphatic heterocycles. The zero-order valence-corrected chi connectivity index (χ0v) is 17.4.